The van der Waals surface area contributed by atoms with Gasteiger partial charge in [-0.15, -0.1) is 0 Å². The smallest absolute Gasteiger partial charge is 0.274 e. The molecule has 0 aliphatic heterocycles. The van der Waals surface area contributed by atoms with Gasteiger partial charge >= 0.3 is 0 Å². The number of ether oxygens (including phenoxy) is 1. The summed E-state index contributed by atoms with van der Waals surface area (Å²) in [5.41, 5.74) is -0.150. The van der Waals surface area contributed by atoms with E-state index in [4.69, 9.17) is 10.00 Å². The molecule has 0 aliphatic rings. The third-order valence-electron chi connectivity index (χ3n) is 2.36. The maximum absolute atomic E-state index is 13.0. The monoisotopic (exact) mass is 336 g/mol. The van der Waals surface area contributed by atoms with Crippen LogP contribution in [0.3, 0.4) is 0 Å². The summed E-state index contributed by atoms with van der Waals surface area (Å²) in [6.45, 7) is 0. The first-order valence-corrected chi connectivity index (χ1v) is 6.11. The van der Waals surface area contributed by atoms with Crippen LogP contribution in [0, 0.1) is 27.3 Å². The van der Waals surface area contributed by atoms with E-state index in [0.29, 0.717) is 4.47 Å². The molecule has 0 saturated heterocycles. The summed E-state index contributed by atoms with van der Waals surface area (Å²) < 4.78 is 18.9. The van der Waals surface area contributed by atoms with Crippen molar-refractivity contribution < 1.29 is 14.1 Å². The molecule has 2 aromatic carbocycles. The number of nitro benzene ring substituents is 1. The van der Waals surface area contributed by atoms with Crippen LogP contribution in [0.1, 0.15) is 5.56 Å². The molecule has 2 aromatic rings. The average Bonchev–Trinajstić information content (AvgIpc) is 2.40. The molecule has 0 fully saturated rings. The molecule has 5 nitrogen and oxygen atoms in total. The Morgan fingerprint density at radius 3 is 2.70 bits per heavy atom. The standard InChI is InChI=1S/C13H6BrFN2O3/c14-9-4-11(17(18)19)6-12(5-9)20-13-2-1-10(15)3-8(13)7-16/h1-6H. The Labute approximate surface area is 121 Å². The third kappa shape index (κ3) is 3.10. The molecule has 0 atom stereocenters. The zero-order valence-corrected chi connectivity index (χ0v) is 11.4. The fourth-order valence-corrected chi connectivity index (χ4v) is 1.98. The van der Waals surface area contributed by atoms with Crippen molar-refractivity contribution in [3.63, 3.8) is 0 Å². The molecule has 20 heavy (non-hydrogen) atoms. The first-order chi connectivity index (χ1) is 9.49. The molecule has 0 aromatic heterocycles. The lowest BCUT2D eigenvalue weighted by Crippen LogP contribution is -1.92. The normalized spacial score (nSPS) is 9.85. The van der Waals surface area contributed by atoms with E-state index in [0.717, 1.165) is 12.1 Å². The van der Waals surface area contributed by atoms with Crippen LogP contribution in [0.5, 0.6) is 11.5 Å². The number of hydrogen-bond acceptors (Lipinski definition) is 4. The lowest BCUT2D eigenvalue weighted by Gasteiger charge is -2.07. The van der Waals surface area contributed by atoms with Crippen LogP contribution >= 0.6 is 15.9 Å². The van der Waals surface area contributed by atoms with Crippen molar-refractivity contribution >= 4 is 21.6 Å². The second-order valence-electron chi connectivity index (χ2n) is 3.76. The number of benzene rings is 2. The lowest BCUT2D eigenvalue weighted by molar-refractivity contribution is -0.385. The van der Waals surface area contributed by atoms with Crippen molar-refractivity contribution in [3.05, 3.63) is 62.4 Å². The van der Waals surface area contributed by atoms with E-state index in [1.54, 1.807) is 6.07 Å². The number of non-ortho nitro benzene ring substituents is 1. The molecule has 0 bridgehead atoms. The maximum atomic E-state index is 13.0. The van der Waals surface area contributed by atoms with Crippen LogP contribution in [-0.4, -0.2) is 4.92 Å². The van der Waals surface area contributed by atoms with Gasteiger partial charge in [0, 0.05) is 10.5 Å². The Morgan fingerprint density at radius 1 is 1.30 bits per heavy atom. The molecule has 2 rings (SSSR count). The van der Waals surface area contributed by atoms with Gasteiger partial charge in [0.25, 0.3) is 5.69 Å². The van der Waals surface area contributed by atoms with E-state index in [1.807, 2.05) is 0 Å². The van der Waals surface area contributed by atoms with Gasteiger partial charge in [-0.25, -0.2) is 4.39 Å². The fourth-order valence-electron chi connectivity index (χ4n) is 1.52. The maximum Gasteiger partial charge on any atom is 0.274 e. The summed E-state index contributed by atoms with van der Waals surface area (Å²) in [7, 11) is 0. The number of nitriles is 1. The fraction of sp³-hybridized carbons (Fsp3) is 0. The second kappa shape index (κ2) is 5.67. The van der Waals surface area contributed by atoms with Gasteiger partial charge in [0.05, 0.1) is 16.6 Å². The van der Waals surface area contributed by atoms with E-state index in [-0.39, 0.29) is 22.7 Å². The average molecular weight is 337 g/mol. The predicted molar refractivity (Wildman–Crippen MR) is 72.0 cm³/mol. The Bertz CT molecular complexity index is 728. The zero-order chi connectivity index (χ0) is 14.7. The highest BCUT2D eigenvalue weighted by molar-refractivity contribution is 9.10. The summed E-state index contributed by atoms with van der Waals surface area (Å²) in [6.07, 6.45) is 0. The Hall–Kier alpha value is -2.46. The number of hydrogen-bond donors (Lipinski definition) is 0. The van der Waals surface area contributed by atoms with E-state index in [9.17, 15) is 14.5 Å². The van der Waals surface area contributed by atoms with Crippen LogP contribution in [0.2, 0.25) is 0 Å². The van der Waals surface area contributed by atoms with Gasteiger partial charge in [-0.05, 0) is 24.3 Å². The van der Waals surface area contributed by atoms with Crippen molar-refractivity contribution in [2.45, 2.75) is 0 Å². The van der Waals surface area contributed by atoms with E-state index in [2.05, 4.69) is 15.9 Å². The zero-order valence-electron chi connectivity index (χ0n) is 9.84. The minimum Gasteiger partial charge on any atom is -0.456 e. The first-order valence-electron chi connectivity index (χ1n) is 5.32. The van der Waals surface area contributed by atoms with Gasteiger partial charge in [-0.1, -0.05) is 15.9 Å². The highest BCUT2D eigenvalue weighted by Crippen LogP contribution is 2.31. The van der Waals surface area contributed by atoms with Crippen LogP contribution in [-0.2, 0) is 0 Å². The van der Waals surface area contributed by atoms with E-state index < -0.39 is 10.7 Å². The predicted octanol–water partition coefficient (Wildman–Crippen LogP) is 4.16. The van der Waals surface area contributed by atoms with Crippen LogP contribution in [0.25, 0.3) is 0 Å². The Balaban J connectivity index is 2.40. The molecule has 7 heteroatoms. The number of nitro groups is 1. The summed E-state index contributed by atoms with van der Waals surface area (Å²) in [5, 5.41) is 19.7. The van der Waals surface area contributed by atoms with Gasteiger partial charge in [-0.2, -0.15) is 5.26 Å². The number of halogens is 2. The van der Waals surface area contributed by atoms with Crippen LogP contribution < -0.4 is 4.74 Å². The largest absolute Gasteiger partial charge is 0.456 e. The van der Waals surface area contributed by atoms with E-state index >= 15 is 0 Å². The topological polar surface area (TPSA) is 76.2 Å². The second-order valence-corrected chi connectivity index (χ2v) is 4.67. The van der Waals surface area contributed by atoms with Gasteiger partial charge < -0.3 is 4.74 Å². The van der Waals surface area contributed by atoms with Gasteiger partial charge in [0.2, 0.25) is 0 Å². The number of nitrogens with zero attached hydrogens (tertiary/aromatic N) is 2. The summed E-state index contributed by atoms with van der Waals surface area (Å²) in [6, 6.07) is 9.31. The summed E-state index contributed by atoms with van der Waals surface area (Å²) >= 11 is 3.13. The van der Waals surface area contributed by atoms with Gasteiger partial charge in [0.15, 0.2) is 0 Å². The molecule has 0 unspecified atom stereocenters. The van der Waals surface area contributed by atoms with Crippen molar-refractivity contribution in [1.29, 1.82) is 5.26 Å². The summed E-state index contributed by atoms with van der Waals surface area (Å²) in [4.78, 5) is 10.2. The quantitative estimate of drug-likeness (QED) is 0.622. The van der Waals surface area contributed by atoms with Crippen molar-refractivity contribution in [3.8, 4) is 17.6 Å². The molecular formula is C13H6BrFN2O3. The Morgan fingerprint density at radius 2 is 2.05 bits per heavy atom. The highest BCUT2D eigenvalue weighted by atomic mass is 79.9. The van der Waals surface area contributed by atoms with Crippen molar-refractivity contribution in [2.75, 3.05) is 0 Å². The van der Waals surface area contributed by atoms with Crippen molar-refractivity contribution in [2.24, 2.45) is 0 Å². The summed E-state index contributed by atoms with van der Waals surface area (Å²) in [5.74, 6) is -0.260. The Kier molecular flexibility index (Phi) is 3.96. The lowest BCUT2D eigenvalue weighted by atomic mass is 10.2. The molecule has 0 heterocycles. The van der Waals surface area contributed by atoms with Gasteiger partial charge in [-0.3, -0.25) is 10.1 Å². The molecule has 0 aliphatic carbocycles. The van der Waals surface area contributed by atoms with E-state index in [1.165, 1.54) is 24.3 Å². The first kappa shape index (κ1) is 14.0. The van der Waals surface area contributed by atoms with Crippen LogP contribution in [0.4, 0.5) is 10.1 Å². The molecule has 0 spiro atoms. The number of rotatable bonds is 3. The molecule has 0 amide bonds. The molecule has 0 N–H and O–H groups in total. The minimum atomic E-state index is -0.562. The molecular weight excluding hydrogens is 331 g/mol. The SMILES string of the molecule is N#Cc1cc(F)ccc1Oc1cc(Br)cc([N+](=O)[O-])c1. The minimum absolute atomic E-state index is 0.00706. The highest BCUT2D eigenvalue weighted by Gasteiger charge is 2.12. The molecule has 0 radical (unpaired) electrons. The van der Waals surface area contributed by atoms with Crippen molar-refractivity contribution in [1.82, 2.24) is 0 Å². The third-order valence-corrected chi connectivity index (χ3v) is 2.81. The molecule has 100 valence electrons. The molecule has 0 saturated carbocycles. The van der Waals surface area contributed by atoms with Crippen LogP contribution in [0.15, 0.2) is 40.9 Å². The van der Waals surface area contributed by atoms with Gasteiger partial charge in [0.1, 0.15) is 23.4 Å².